The Morgan fingerprint density at radius 2 is 2.11 bits per heavy atom. The first-order valence-electron chi connectivity index (χ1n) is 6.14. The summed E-state index contributed by atoms with van der Waals surface area (Å²) in [6, 6.07) is 9.63. The van der Waals surface area contributed by atoms with E-state index in [1.165, 1.54) is 6.33 Å². The van der Waals surface area contributed by atoms with Crippen LogP contribution < -0.4 is 10.6 Å². The molecule has 1 aromatic carbocycles. The molecule has 2 aromatic rings. The summed E-state index contributed by atoms with van der Waals surface area (Å²) in [6.45, 7) is 0.824. The van der Waals surface area contributed by atoms with E-state index in [1.807, 2.05) is 37.4 Å². The van der Waals surface area contributed by atoms with Crippen molar-refractivity contribution in [3.8, 4) is 0 Å². The van der Waals surface area contributed by atoms with Crippen LogP contribution in [0.4, 0.5) is 5.69 Å². The first-order chi connectivity index (χ1) is 9.25. The zero-order valence-electron chi connectivity index (χ0n) is 10.8. The Morgan fingerprint density at radius 3 is 2.79 bits per heavy atom. The molecule has 6 nitrogen and oxygen atoms in total. The molecule has 0 bridgehead atoms. The molecule has 0 atom stereocenters. The van der Waals surface area contributed by atoms with Crippen LogP contribution in [0.1, 0.15) is 5.82 Å². The van der Waals surface area contributed by atoms with Crippen molar-refractivity contribution < 1.29 is 4.79 Å². The highest BCUT2D eigenvalue weighted by Gasteiger charge is 2.03. The SMILES string of the molecule is Cn1ncnc1CCNC(=O)CNc1ccccc1. The summed E-state index contributed by atoms with van der Waals surface area (Å²) in [4.78, 5) is 15.7. The van der Waals surface area contributed by atoms with Crippen LogP contribution in [0, 0.1) is 0 Å². The molecule has 2 N–H and O–H groups in total. The van der Waals surface area contributed by atoms with Crippen molar-refractivity contribution in [1.29, 1.82) is 0 Å². The zero-order chi connectivity index (χ0) is 13.5. The highest BCUT2D eigenvalue weighted by Crippen LogP contribution is 2.03. The Kier molecular flexibility index (Phi) is 4.49. The van der Waals surface area contributed by atoms with Gasteiger partial charge < -0.3 is 10.6 Å². The molecule has 0 aliphatic carbocycles. The van der Waals surface area contributed by atoms with Crippen molar-refractivity contribution in [2.45, 2.75) is 6.42 Å². The monoisotopic (exact) mass is 259 g/mol. The van der Waals surface area contributed by atoms with Gasteiger partial charge in [0.05, 0.1) is 6.54 Å². The number of nitrogens with zero attached hydrogens (tertiary/aromatic N) is 3. The van der Waals surface area contributed by atoms with Crippen LogP contribution in [0.15, 0.2) is 36.7 Å². The third kappa shape index (κ3) is 4.09. The van der Waals surface area contributed by atoms with Crippen molar-refractivity contribution >= 4 is 11.6 Å². The number of aromatic nitrogens is 3. The molecule has 2 rings (SSSR count). The summed E-state index contributed by atoms with van der Waals surface area (Å²) >= 11 is 0. The van der Waals surface area contributed by atoms with E-state index in [9.17, 15) is 4.79 Å². The summed E-state index contributed by atoms with van der Waals surface area (Å²) < 4.78 is 1.70. The molecule has 0 radical (unpaired) electrons. The van der Waals surface area contributed by atoms with Crippen LogP contribution in [0.5, 0.6) is 0 Å². The number of nitrogens with one attached hydrogen (secondary N) is 2. The van der Waals surface area contributed by atoms with Crippen molar-refractivity contribution in [3.63, 3.8) is 0 Å². The number of amides is 1. The van der Waals surface area contributed by atoms with E-state index in [4.69, 9.17) is 0 Å². The smallest absolute Gasteiger partial charge is 0.239 e. The molecule has 0 unspecified atom stereocenters. The van der Waals surface area contributed by atoms with Crippen molar-refractivity contribution in [1.82, 2.24) is 20.1 Å². The van der Waals surface area contributed by atoms with Crippen LogP contribution in [0.2, 0.25) is 0 Å². The lowest BCUT2D eigenvalue weighted by atomic mass is 10.3. The van der Waals surface area contributed by atoms with Gasteiger partial charge in [0.1, 0.15) is 12.2 Å². The molecule has 0 saturated heterocycles. The van der Waals surface area contributed by atoms with Gasteiger partial charge in [-0.25, -0.2) is 4.98 Å². The first-order valence-corrected chi connectivity index (χ1v) is 6.14. The van der Waals surface area contributed by atoms with Crippen LogP contribution in [-0.4, -0.2) is 33.8 Å². The van der Waals surface area contributed by atoms with Gasteiger partial charge in [-0.3, -0.25) is 9.48 Å². The Labute approximate surface area is 111 Å². The molecule has 0 fully saturated rings. The molecule has 0 aliphatic heterocycles. The van der Waals surface area contributed by atoms with E-state index in [2.05, 4.69) is 20.7 Å². The Hall–Kier alpha value is -2.37. The van der Waals surface area contributed by atoms with E-state index in [-0.39, 0.29) is 12.5 Å². The summed E-state index contributed by atoms with van der Waals surface area (Å²) in [5.41, 5.74) is 0.936. The van der Waals surface area contributed by atoms with Crippen LogP contribution in [-0.2, 0) is 18.3 Å². The van der Waals surface area contributed by atoms with Gasteiger partial charge in [0, 0.05) is 25.7 Å². The highest BCUT2D eigenvalue weighted by molar-refractivity contribution is 5.80. The summed E-state index contributed by atoms with van der Waals surface area (Å²) in [5.74, 6) is 0.822. The number of rotatable bonds is 6. The van der Waals surface area contributed by atoms with E-state index < -0.39 is 0 Å². The molecule has 19 heavy (non-hydrogen) atoms. The normalized spacial score (nSPS) is 10.2. The molecule has 6 heteroatoms. The van der Waals surface area contributed by atoms with Gasteiger partial charge in [0.2, 0.25) is 5.91 Å². The van der Waals surface area contributed by atoms with Gasteiger partial charge in [-0.15, -0.1) is 0 Å². The number of para-hydroxylation sites is 1. The van der Waals surface area contributed by atoms with Crippen molar-refractivity contribution in [3.05, 3.63) is 42.5 Å². The molecular weight excluding hydrogens is 242 g/mol. The van der Waals surface area contributed by atoms with Gasteiger partial charge in [0.15, 0.2) is 0 Å². The maximum atomic E-state index is 11.6. The number of hydrogen-bond acceptors (Lipinski definition) is 4. The van der Waals surface area contributed by atoms with E-state index >= 15 is 0 Å². The fraction of sp³-hybridized carbons (Fsp3) is 0.308. The van der Waals surface area contributed by atoms with Gasteiger partial charge in [-0.1, -0.05) is 18.2 Å². The average molecular weight is 259 g/mol. The molecule has 0 aliphatic rings. The predicted molar refractivity (Wildman–Crippen MR) is 72.6 cm³/mol. The van der Waals surface area contributed by atoms with Crippen molar-refractivity contribution in [2.24, 2.45) is 7.05 Å². The summed E-state index contributed by atoms with van der Waals surface area (Å²) in [6.07, 6.45) is 2.18. The van der Waals surface area contributed by atoms with Gasteiger partial charge >= 0.3 is 0 Å². The Morgan fingerprint density at radius 1 is 1.32 bits per heavy atom. The summed E-state index contributed by atoms with van der Waals surface area (Å²) in [5, 5.41) is 9.86. The number of aryl methyl sites for hydroxylation is 1. The topological polar surface area (TPSA) is 71.8 Å². The van der Waals surface area contributed by atoms with Crippen LogP contribution in [0.3, 0.4) is 0 Å². The van der Waals surface area contributed by atoms with E-state index in [0.29, 0.717) is 13.0 Å². The number of anilines is 1. The minimum Gasteiger partial charge on any atom is -0.376 e. The van der Waals surface area contributed by atoms with Gasteiger partial charge in [-0.05, 0) is 12.1 Å². The second-order valence-electron chi connectivity index (χ2n) is 4.12. The predicted octanol–water partition coefficient (Wildman–Crippen LogP) is 0.586. The Balaban J connectivity index is 1.66. The molecule has 0 spiro atoms. The third-order valence-corrected chi connectivity index (χ3v) is 2.70. The molecular formula is C13H17N5O. The van der Waals surface area contributed by atoms with E-state index in [0.717, 1.165) is 11.5 Å². The first kappa shape index (κ1) is 13.1. The maximum Gasteiger partial charge on any atom is 0.239 e. The van der Waals surface area contributed by atoms with Crippen LogP contribution in [0.25, 0.3) is 0 Å². The van der Waals surface area contributed by atoms with Crippen molar-refractivity contribution in [2.75, 3.05) is 18.4 Å². The third-order valence-electron chi connectivity index (χ3n) is 2.70. The molecule has 1 heterocycles. The Bertz CT molecular complexity index is 523. The van der Waals surface area contributed by atoms with Gasteiger partial charge in [-0.2, -0.15) is 5.10 Å². The summed E-state index contributed by atoms with van der Waals surface area (Å²) in [7, 11) is 1.83. The quantitative estimate of drug-likeness (QED) is 0.796. The lowest BCUT2D eigenvalue weighted by Crippen LogP contribution is -2.31. The number of benzene rings is 1. The number of hydrogen-bond donors (Lipinski definition) is 2. The second-order valence-corrected chi connectivity index (χ2v) is 4.12. The molecule has 100 valence electrons. The standard InChI is InChI=1S/C13H17N5O/c1-18-12(16-10-17-18)7-8-14-13(19)9-15-11-5-3-2-4-6-11/h2-6,10,15H,7-9H2,1H3,(H,14,19). The largest absolute Gasteiger partial charge is 0.376 e. The average Bonchev–Trinajstić information content (AvgIpc) is 2.83. The second kappa shape index (κ2) is 6.53. The minimum atomic E-state index is -0.0361. The zero-order valence-corrected chi connectivity index (χ0v) is 10.8. The molecule has 1 amide bonds. The fourth-order valence-electron chi connectivity index (χ4n) is 1.66. The minimum absolute atomic E-state index is 0.0361. The molecule has 0 saturated carbocycles. The lowest BCUT2D eigenvalue weighted by Gasteiger charge is -2.07. The fourth-order valence-corrected chi connectivity index (χ4v) is 1.66. The maximum absolute atomic E-state index is 11.6. The molecule has 1 aromatic heterocycles. The lowest BCUT2D eigenvalue weighted by molar-refractivity contribution is -0.119. The number of carbonyl (C=O) groups is 1. The number of carbonyl (C=O) groups excluding carboxylic acids is 1. The van der Waals surface area contributed by atoms with Gasteiger partial charge in [0.25, 0.3) is 0 Å². The van der Waals surface area contributed by atoms with Crippen LogP contribution >= 0.6 is 0 Å². The van der Waals surface area contributed by atoms with E-state index in [1.54, 1.807) is 4.68 Å². The highest BCUT2D eigenvalue weighted by atomic mass is 16.1.